The summed E-state index contributed by atoms with van der Waals surface area (Å²) in [6.07, 6.45) is -4.72. The molecule has 1 aliphatic heterocycles. The Morgan fingerprint density at radius 3 is 2.57 bits per heavy atom. The van der Waals surface area contributed by atoms with Crippen molar-refractivity contribution in [1.29, 1.82) is 0 Å². The predicted octanol–water partition coefficient (Wildman–Crippen LogP) is 4.92. The zero-order valence-electron chi connectivity index (χ0n) is 15.1. The van der Waals surface area contributed by atoms with Crippen molar-refractivity contribution in [2.45, 2.75) is 38.5 Å². The van der Waals surface area contributed by atoms with E-state index in [1.165, 1.54) is 11.0 Å². The summed E-state index contributed by atoms with van der Waals surface area (Å²) < 4.78 is 42.3. The summed E-state index contributed by atoms with van der Waals surface area (Å²) in [6, 6.07) is 11.8. The van der Waals surface area contributed by atoms with Crippen LogP contribution in [0.25, 0.3) is 11.0 Å². The quantitative estimate of drug-likeness (QED) is 0.677. The number of nitrogens with zero attached hydrogens (tertiary/aromatic N) is 3. The highest BCUT2D eigenvalue weighted by atomic mass is 19.4. The van der Waals surface area contributed by atoms with Gasteiger partial charge in [0.05, 0.1) is 16.7 Å². The first-order valence-corrected chi connectivity index (χ1v) is 8.92. The number of rotatable bonds is 2. The standard InChI is InChI=1S/C20H18F3N3O2/c1-12-7-8-14-15(26(12)19(27)28)9-10-16-17(14)24-18(20(21,22)23)25(16)11-13-5-3-2-4-6-13/h2-6,9-10,12H,7-8,11H2,1H3,(H,27,28)/t12-/m0/s1. The van der Waals surface area contributed by atoms with Crippen molar-refractivity contribution in [2.24, 2.45) is 0 Å². The number of alkyl halides is 3. The lowest BCUT2D eigenvalue weighted by Gasteiger charge is -2.33. The molecule has 2 heterocycles. The predicted molar refractivity (Wildman–Crippen MR) is 98.6 cm³/mol. The number of carbonyl (C=O) groups is 1. The fourth-order valence-electron chi connectivity index (χ4n) is 3.86. The molecule has 0 saturated heterocycles. The molecule has 146 valence electrons. The van der Waals surface area contributed by atoms with E-state index in [1.807, 2.05) is 0 Å². The molecule has 3 aromatic rings. The second kappa shape index (κ2) is 6.54. The van der Waals surface area contributed by atoms with Crippen LogP contribution in [0.1, 0.15) is 30.3 Å². The number of carboxylic acid groups (broad SMARTS) is 1. The van der Waals surface area contributed by atoms with E-state index in [4.69, 9.17) is 0 Å². The fraction of sp³-hybridized carbons (Fsp3) is 0.300. The minimum Gasteiger partial charge on any atom is -0.465 e. The van der Waals surface area contributed by atoms with Crippen LogP contribution in [0.3, 0.4) is 0 Å². The van der Waals surface area contributed by atoms with E-state index in [0.29, 0.717) is 29.6 Å². The topological polar surface area (TPSA) is 58.4 Å². The number of benzene rings is 2. The van der Waals surface area contributed by atoms with Gasteiger partial charge in [0.1, 0.15) is 0 Å². The molecule has 1 amide bonds. The van der Waals surface area contributed by atoms with Gasteiger partial charge in [-0.2, -0.15) is 13.2 Å². The maximum absolute atomic E-state index is 13.7. The molecule has 0 spiro atoms. The summed E-state index contributed by atoms with van der Waals surface area (Å²) >= 11 is 0. The minimum atomic E-state index is -4.62. The summed E-state index contributed by atoms with van der Waals surface area (Å²) in [6.45, 7) is 1.82. The highest BCUT2D eigenvalue weighted by Crippen LogP contribution is 2.39. The first kappa shape index (κ1) is 18.3. The molecule has 0 saturated carbocycles. The number of hydrogen-bond acceptors (Lipinski definition) is 2. The van der Waals surface area contributed by atoms with Crippen LogP contribution in [-0.2, 0) is 19.1 Å². The number of fused-ring (bicyclic) bond motifs is 3. The van der Waals surface area contributed by atoms with Crippen LogP contribution in [0, 0.1) is 0 Å². The Morgan fingerprint density at radius 1 is 1.21 bits per heavy atom. The van der Waals surface area contributed by atoms with E-state index in [1.54, 1.807) is 43.3 Å². The summed E-state index contributed by atoms with van der Waals surface area (Å²) in [5.41, 5.74) is 2.27. The van der Waals surface area contributed by atoms with Crippen molar-refractivity contribution in [1.82, 2.24) is 9.55 Å². The molecule has 8 heteroatoms. The smallest absolute Gasteiger partial charge is 0.449 e. The van der Waals surface area contributed by atoms with Crippen LogP contribution in [0.2, 0.25) is 0 Å². The normalized spacial score (nSPS) is 17.0. The number of aromatic nitrogens is 2. The van der Waals surface area contributed by atoms with Crippen molar-refractivity contribution >= 4 is 22.8 Å². The molecule has 0 bridgehead atoms. The van der Waals surface area contributed by atoms with Gasteiger partial charge in [-0.3, -0.25) is 4.90 Å². The Labute approximate surface area is 159 Å². The van der Waals surface area contributed by atoms with Gasteiger partial charge in [-0.25, -0.2) is 9.78 Å². The van der Waals surface area contributed by atoms with Crippen molar-refractivity contribution in [3.8, 4) is 0 Å². The maximum Gasteiger partial charge on any atom is 0.449 e. The van der Waals surface area contributed by atoms with Crippen LogP contribution in [-0.4, -0.2) is 26.8 Å². The Morgan fingerprint density at radius 2 is 1.93 bits per heavy atom. The third kappa shape index (κ3) is 2.98. The Bertz CT molecular complexity index is 1040. The molecule has 0 fully saturated rings. The average molecular weight is 389 g/mol. The zero-order chi connectivity index (χ0) is 20.1. The van der Waals surface area contributed by atoms with Crippen LogP contribution < -0.4 is 4.90 Å². The Kier molecular flexibility index (Phi) is 4.28. The maximum atomic E-state index is 13.7. The van der Waals surface area contributed by atoms with E-state index in [0.717, 1.165) is 10.1 Å². The number of aryl methyl sites for hydroxylation is 1. The van der Waals surface area contributed by atoms with Gasteiger partial charge in [0, 0.05) is 18.2 Å². The number of anilines is 1. The van der Waals surface area contributed by atoms with Gasteiger partial charge in [0.15, 0.2) is 0 Å². The van der Waals surface area contributed by atoms with Gasteiger partial charge in [-0.1, -0.05) is 30.3 Å². The monoisotopic (exact) mass is 389 g/mol. The molecule has 2 aromatic carbocycles. The van der Waals surface area contributed by atoms with E-state index in [9.17, 15) is 23.1 Å². The van der Waals surface area contributed by atoms with Gasteiger partial charge < -0.3 is 9.67 Å². The zero-order valence-corrected chi connectivity index (χ0v) is 15.1. The molecule has 0 unspecified atom stereocenters. The lowest BCUT2D eigenvalue weighted by molar-refractivity contribution is -0.146. The van der Waals surface area contributed by atoms with Crippen molar-refractivity contribution in [2.75, 3.05) is 4.90 Å². The van der Waals surface area contributed by atoms with Gasteiger partial charge in [-0.15, -0.1) is 0 Å². The third-order valence-electron chi connectivity index (χ3n) is 5.16. The molecular weight excluding hydrogens is 371 g/mol. The fourth-order valence-corrected chi connectivity index (χ4v) is 3.86. The van der Waals surface area contributed by atoms with Crippen molar-refractivity contribution in [3.05, 3.63) is 59.4 Å². The second-order valence-corrected chi connectivity index (χ2v) is 6.98. The summed E-state index contributed by atoms with van der Waals surface area (Å²) in [7, 11) is 0. The van der Waals surface area contributed by atoms with Crippen molar-refractivity contribution in [3.63, 3.8) is 0 Å². The van der Waals surface area contributed by atoms with Crippen LogP contribution in [0.4, 0.5) is 23.7 Å². The number of hydrogen-bond donors (Lipinski definition) is 1. The second-order valence-electron chi connectivity index (χ2n) is 6.98. The van der Waals surface area contributed by atoms with Gasteiger partial charge in [0.2, 0.25) is 5.82 Å². The number of halogens is 3. The third-order valence-corrected chi connectivity index (χ3v) is 5.16. The molecule has 1 aliphatic rings. The average Bonchev–Trinajstić information content (AvgIpc) is 3.01. The number of amides is 1. The highest BCUT2D eigenvalue weighted by Gasteiger charge is 2.39. The van der Waals surface area contributed by atoms with E-state index < -0.39 is 18.1 Å². The summed E-state index contributed by atoms with van der Waals surface area (Å²) in [5, 5.41) is 9.53. The molecule has 0 radical (unpaired) electrons. The lowest BCUT2D eigenvalue weighted by Crippen LogP contribution is -2.41. The SMILES string of the molecule is C[C@H]1CCc2c(ccc3c2nc(C(F)(F)F)n3Cc2ccccc2)N1C(=O)O. The lowest BCUT2D eigenvalue weighted by atomic mass is 9.96. The van der Waals surface area contributed by atoms with Crippen molar-refractivity contribution < 1.29 is 23.1 Å². The molecular formula is C20H18F3N3O2. The molecule has 5 nitrogen and oxygen atoms in total. The van der Waals surface area contributed by atoms with Gasteiger partial charge >= 0.3 is 12.3 Å². The molecule has 4 rings (SSSR count). The Hall–Kier alpha value is -3.03. The molecule has 28 heavy (non-hydrogen) atoms. The van der Waals surface area contributed by atoms with Crippen LogP contribution in [0.15, 0.2) is 42.5 Å². The highest BCUT2D eigenvalue weighted by molar-refractivity contribution is 5.94. The first-order chi connectivity index (χ1) is 13.3. The Balaban J connectivity index is 1.93. The van der Waals surface area contributed by atoms with E-state index in [-0.39, 0.29) is 18.1 Å². The van der Waals surface area contributed by atoms with Gasteiger partial charge in [-0.05, 0) is 37.5 Å². The first-order valence-electron chi connectivity index (χ1n) is 8.92. The molecule has 1 atom stereocenters. The van der Waals surface area contributed by atoms with E-state index in [2.05, 4.69) is 4.98 Å². The summed E-state index contributed by atoms with van der Waals surface area (Å²) in [4.78, 5) is 16.8. The summed E-state index contributed by atoms with van der Waals surface area (Å²) in [5.74, 6) is -0.972. The molecule has 1 N–H and O–H groups in total. The van der Waals surface area contributed by atoms with Gasteiger partial charge in [0.25, 0.3) is 0 Å². The van der Waals surface area contributed by atoms with Crippen LogP contribution in [0.5, 0.6) is 0 Å². The number of imidazole rings is 1. The molecule has 0 aliphatic carbocycles. The van der Waals surface area contributed by atoms with Crippen LogP contribution >= 0.6 is 0 Å². The largest absolute Gasteiger partial charge is 0.465 e. The van der Waals surface area contributed by atoms with E-state index >= 15 is 0 Å². The minimum absolute atomic E-state index is 0.0318. The molecule has 1 aromatic heterocycles.